The molecule has 2 N–H and O–H groups in total. The summed E-state index contributed by atoms with van der Waals surface area (Å²) in [5, 5.41) is 6.62. The van der Waals surface area contributed by atoms with Crippen LogP contribution in [0.25, 0.3) is 0 Å². The molecule has 0 aliphatic carbocycles. The molecule has 0 saturated carbocycles. The van der Waals surface area contributed by atoms with Crippen LogP contribution in [0.3, 0.4) is 0 Å². The molecule has 2 aromatic rings. The third-order valence-electron chi connectivity index (χ3n) is 6.66. The number of Topliss-reactive ketones (excluding diaryl/α,β-unsaturated/α-hetero) is 2. The summed E-state index contributed by atoms with van der Waals surface area (Å²) in [6.07, 6.45) is 4.56. The van der Waals surface area contributed by atoms with E-state index in [1.165, 1.54) is 0 Å². The number of carbonyl (C=O) groups is 2. The number of likely N-dealkylation sites (N-methyl/N-ethyl adjacent to an activating group) is 1. The fraction of sp³-hybridized carbons (Fsp3) is 0.533. The second-order valence-corrected chi connectivity index (χ2v) is 10.1. The Bertz CT molecular complexity index is 1260. The number of nitrogens with one attached hydrogen (secondary N) is 2. The molecule has 1 aliphatic heterocycles. The predicted molar refractivity (Wildman–Crippen MR) is 159 cm³/mol. The highest BCUT2D eigenvalue weighted by atomic mass is 16.5. The Kier molecular flexibility index (Phi) is 13.3. The first-order chi connectivity index (χ1) is 20.3. The van der Waals surface area contributed by atoms with E-state index < -0.39 is 0 Å². The van der Waals surface area contributed by atoms with Crippen molar-refractivity contribution < 1.29 is 33.1 Å². The SMILES string of the molecule is COc1nc(OCC2=[N+](C)C(COc3ccc(CNCCCC(C)=O)c(OC)n3)C=N2)ccc1CNCCCC(C)=O. The van der Waals surface area contributed by atoms with Crippen LogP contribution in [0.15, 0.2) is 29.3 Å². The van der Waals surface area contributed by atoms with Gasteiger partial charge in [-0.1, -0.05) is 4.99 Å². The van der Waals surface area contributed by atoms with Crippen molar-refractivity contribution in [2.24, 2.45) is 4.99 Å². The minimum Gasteiger partial charge on any atom is -0.481 e. The average Bonchev–Trinajstić information content (AvgIpc) is 3.33. The van der Waals surface area contributed by atoms with Crippen molar-refractivity contribution in [2.75, 3.05) is 47.6 Å². The molecule has 3 heterocycles. The number of ketones is 2. The molecule has 1 aliphatic rings. The lowest BCUT2D eigenvalue weighted by Gasteiger charge is -2.13. The summed E-state index contributed by atoms with van der Waals surface area (Å²) in [5.74, 6) is 3.02. The Morgan fingerprint density at radius 2 is 1.36 bits per heavy atom. The number of pyridine rings is 2. The van der Waals surface area contributed by atoms with Crippen molar-refractivity contribution >= 4 is 23.6 Å². The Labute approximate surface area is 247 Å². The van der Waals surface area contributed by atoms with E-state index in [-0.39, 0.29) is 24.2 Å². The van der Waals surface area contributed by atoms with E-state index in [4.69, 9.17) is 18.9 Å². The number of hydrogen-bond acceptors (Lipinski definition) is 11. The number of methoxy groups -OCH3 is 2. The van der Waals surface area contributed by atoms with Gasteiger partial charge in [0.2, 0.25) is 23.5 Å². The summed E-state index contributed by atoms with van der Waals surface area (Å²) in [6, 6.07) is 7.38. The molecule has 1 atom stereocenters. The van der Waals surface area contributed by atoms with Gasteiger partial charge in [0.1, 0.15) is 18.2 Å². The molecule has 0 radical (unpaired) electrons. The maximum atomic E-state index is 11.1. The summed E-state index contributed by atoms with van der Waals surface area (Å²) in [7, 11) is 5.09. The summed E-state index contributed by atoms with van der Waals surface area (Å²) in [4.78, 5) is 35.6. The van der Waals surface area contributed by atoms with Crippen LogP contribution in [0.5, 0.6) is 23.5 Å². The Balaban J connectivity index is 1.47. The molecule has 228 valence electrons. The summed E-state index contributed by atoms with van der Waals surface area (Å²) in [6.45, 7) is 6.45. The first-order valence-corrected chi connectivity index (χ1v) is 14.2. The molecule has 1 unspecified atom stereocenters. The van der Waals surface area contributed by atoms with Crippen molar-refractivity contribution in [3.63, 3.8) is 0 Å². The smallest absolute Gasteiger partial charge is 0.331 e. The zero-order valence-electron chi connectivity index (χ0n) is 25.3. The van der Waals surface area contributed by atoms with Gasteiger partial charge in [0, 0.05) is 49.2 Å². The third-order valence-corrected chi connectivity index (χ3v) is 6.66. The van der Waals surface area contributed by atoms with Gasteiger partial charge in [-0.3, -0.25) is 0 Å². The van der Waals surface area contributed by atoms with Crippen molar-refractivity contribution in [1.82, 2.24) is 20.6 Å². The van der Waals surface area contributed by atoms with Crippen LogP contribution >= 0.6 is 0 Å². The number of aromatic nitrogens is 2. The molecule has 12 nitrogen and oxygen atoms in total. The lowest BCUT2D eigenvalue weighted by molar-refractivity contribution is -0.518. The third kappa shape index (κ3) is 10.5. The molecule has 0 saturated heterocycles. The minimum absolute atomic E-state index is 0.0852. The van der Waals surface area contributed by atoms with Gasteiger partial charge in [-0.05, 0) is 51.9 Å². The van der Waals surface area contributed by atoms with Gasteiger partial charge in [0.05, 0.1) is 21.3 Å². The quantitative estimate of drug-likeness (QED) is 0.177. The van der Waals surface area contributed by atoms with E-state index >= 15 is 0 Å². The van der Waals surface area contributed by atoms with Crippen LogP contribution < -0.4 is 29.6 Å². The van der Waals surface area contributed by atoms with Crippen LogP contribution in [0, 0.1) is 0 Å². The molecule has 0 fully saturated rings. The van der Waals surface area contributed by atoms with Crippen molar-refractivity contribution in [3.8, 4) is 23.5 Å². The fourth-order valence-electron chi connectivity index (χ4n) is 4.22. The summed E-state index contributed by atoms with van der Waals surface area (Å²) < 4.78 is 24.8. The number of nitrogens with zero attached hydrogens (tertiary/aromatic N) is 4. The highest BCUT2D eigenvalue weighted by Gasteiger charge is 2.28. The van der Waals surface area contributed by atoms with Gasteiger partial charge in [0.25, 0.3) is 0 Å². The Morgan fingerprint density at radius 1 is 0.833 bits per heavy atom. The van der Waals surface area contributed by atoms with Crippen molar-refractivity contribution in [1.29, 1.82) is 0 Å². The molecule has 3 rings (SSSR count). The van der Waals surface area contributed by atoms with Crippen LogP contribution in [0.1, 0.15) is 50.7 Å². The largest absolute Gasteiger partial charge is 0.481 e. The zero-order valence-corrected chi connectivity index (χ0v) is 25.3. The van der Waals surface area contributed by atoms with Gasteiger partial charge >= 0.3 is 5.84 Å². The van der Waals surface area contributed by atoms with E-state index in [9.17, 15) is 9.59 Å². The van der Waals surface area contributed by atoms with E-state index in [0.717, 1.165) is 42.9 Å². The van der Waals surface area contributed by atoms with Gasteiger partial charge in [-0.2, -0.15) is 9.97 Å². The average molecular weight is 584 g/mol. The first-order valence-electron chi connectivity index (χ1n) is 14.2. The number of carbonyl (C=O) groups excluding carboxylic acids is 2. The normalized spacial score (nSPS) is 14.3. The number of rotatable bonds is 20. The molecule has 42 heavy (non-hydrogen) atoms. The Morgan fingerprint density at radius 3 is 1.86 bits per heavy atom. The highest BCUT2D eigenvalue weighted by Crippen LogP contribution is 2.21. The van der Waals surface area contributed by atoms with Crippen LogP contribution in [0.2, 0.25) is 0 Å². The number of aliphatic imine (C=N–C) groups is 1. The van der Waals surface area contributed by atoms with Crippen molar-refractivity contribution in [2.45, 2.75) is 58.7 Å². The first kappa shape index (κ1) is 32.6. The molecule has 0 amide bonds. The molecule has 0 bridgehead atoms. The van der Waals surface area contributed by atoms with Gasteiger partial charge in [0.15, 0.2) is 18.9 Å². The number of hydrogen-bond donors (Lipinski definition) is 2. The molecular formula is C30H43N6O6+. The van der Waals surface area contributed by atoms with E-state index in [1.54, 1.807) is 34.1 Å². The Hall–Kier alpha value is -3.90. The second kappa shape index (κ2) is 17.1. The lowest BCUT2D eigenvalue weighted by atomic mass is 10.2. The van der Waals surface area contributed by atoms with E-state index in [2.05, 4.69) is 25.6 Å². The molecule has 0 aromatic carbocycles. The summed E-state index contributed by atoms with van der Waals surface area (Å²) >= 11 is 0. The van der Waals surface area contributed by atoms with E-state index in [0.29, 0.717) is 56.1 Å². The molecule has 2 aromatic heterocycles. The van der Waals surface area contributed by atoms with Gasteiger partial charge < -0.3 is 39.2 Å². The summed E-state index contributed by atoms with van der Waals surface area (Å²) in [5.41, 5.74) is 1.83. The fourth-order valence-corrected chi connectivity index (χ4v) is 4.22. The molecule has 0 spiro atoms. The van der Waals surface area contributed by atoms with Crippen LogP contribution in [0.4, 0.5) is 0 Å². The molecular weight excluding hydrogens is 540 g/mol. The number of amidine groups is 1. The standard InChI is InChI=1S/C30H43N6O6/c1-21(37)8-6-14-31-16-23-10-12-27(34-29(23)39-4)41-19-25-18-33-26(36(25)3)20-42-28-13-11-24(30(35-28)40-5)17-32-15-7-9-22(2)38/h10-13,18,25,31-32H,6-9,14-17,19-20H2,1-5H3/q+1. The van der Waals surface area contributed by atoms with Crippen LogP contribution in [-0.2, 0) is 22.7 Å². The maximum Gasteiger partial charge on any atom is 0.331 e. The van der Waals surface area contributed by atoms with Gasteiger partial charge in [-0.15, -0.1) is 0 Å². The number of ether oxygens (including phenoxy) is 4. The maximum absolute atomic E-state index is 11.1. The lowest BCUT2D eigenvalue weighted by Crippen LogP contribution is -2.31. The minimum atomic E-state index is -0.0852. The van der Waals surface area contributed by atoms with Crippen molar-refractivity contribution in [3.05, 3.63) is 35.4 Å². The highest BCUT2D eigenvalue weighted by molar-refractivity contribution is 5.91. The van der Waals surface area contributed by atoms with Gasteiger partial charge in [-0.25, -0.2) is 4.58 Å². The predicted octanol–water partition coefficient (Wildman–Crippen LogP) is 2.36. The topological polar surface area (TPSA) is 136 Å². The van der Waals surface area contributed by atoms with Crippen LogP contribution in [-0.4, -0.2) is 91.8 Å². The zero-order chi connectivity index (χ0) is 30.3. The monoisotopic (exact) mass is 583 g/mol. The second-order valence-electron chi connectivity index (χ2n) is 10.1. The van der Waals surface area contributed by atoms with E-state index in [1.807, 2.05) is 36.0 Å². The molecule has 12 heteroatoms.